The lowest BCUT2D eigenvalue weighted by Crippen LogP contribution is -2.61. The Bertz CT molecular complexity index is 239. The van der Waals surface area contributed by atoms with E-state index in [4.69, 9.17) is 0 Å². The summed E-state index contributed by atoms with van der Waals surface area (Å²) >= 11 is 0. The van der Waals surface area contributed by atoms with Crippen molar-refractivity contribution in [2.75, 3.05) is 26.2 Å². The average Bonchev–Trinajstić information content (AvgIpc) is 2.15. The number of amides is 1. The highest BCUT2D eigenvalue weighted by Crippen LogP contribution is 2.23. The first kappa shape index (κ1) is 10.9. The number of hydrogen-bond acceptors (Lipinski definition) is 3. The van der Waals surface area contributed by atoms with Gasteiger partial charge in [0.2, 0.25) is 5.91 Å². The number of rotatable bonds is 2. The van der Waals surface area contributed by atoms with E-state index in [2.05, 4.69) is 5.32 Å². The summed E-state index contributed by atoms with van der Waals surface area (Å²) in [5.41, 5.74) is -0.635. The first-order valence-electron chi connectivity index (χ1n) is 5.78. The summed E-state index contributed by atoms with van der Waals surface area (Å²) in [6.07, 6.45) is 2.88. The molecule has 1 amide bonds. The molecule has 2 N–H and O–H groups in total. The molecule has 0 atom stereocenters. The second-order valence-corrected chi connectivity index (χ2v) is 5.14. The van der Waals surface area contributed by atoms with Crippen molar-refractivity contribution in [1.82, 2.24) is 10.2 Å². The monoisotopic (exact) mass is 212 g/mol. The highest BCUT2D eigenvalue weighted by Gasteiger charge is 2.39. The lowest BCUT2D eigenvalue weighted by Gasteiger charge is -2.44. The zero-order valence-electron chi connectivity index (χ0n) is 9.33. The number of aliphatic hydroxyl groups is 1. The number of β-amino-alcohol motifs (C(OH)–C–C–N with tert-alkyl or cyclic N) is 1. The predicted molar refractivity (Wildman–Crippen MR) is 57.4 cm³/mol. The maximum atomic E-state index is 11.8. The van der Waals surface area contributed by atoms with Gasteiger partial charge in [-0.2, -0.15) is 0 Å². The van der Waals surface area contributed by atoms with Crippen LogP contribution in [-0.4, -0.2) is 47.7 Å². The molecule has 0 aromatic rings. The average molecular weight is 212 g/mol. The van der Waals surface area contributed by atoms with Crippen LogP contribution < -0.4 is 5.32 Å². The minimum Gasteiger partial charge on any atom is -0.386 e. The molecule has 0 radical (unpaired) electrons. The summed E-state index contributed by atoms with van der Waals surface area (Å²) in [7, 11) is 0. The van der Waals surface area contributed by atoms with Gasteiger partial charge in [-0.25, -0.2) is 0 Å². The van der Waals surface area contributed by atoms with Crippen molar-refractivity contribution in [3.05, 3.63) is 0 Å². The summed E-state index contributed by atoms with van der Waals surface area (Å²) < 4.78 is 0. The second-order valence-electron chi connectivity index (χ2n) is 5.14. The Kier molecular flexibility index (Phi) is 2.98. The summed E-state index contributed by atoms with van der Waals surface area (Å²) in [5.74, 6) is 0.762. The van der Waals surface area contributed by atoms with Gasteiger partial charge in [-0.05, 0) is 38.8 Å². The van der Waals surface area contributed by atoms with Crippen LogP contribution in [-0.2, 0) is 4.79 Å². The number of nitrogens with zero attached hydrogens (tertiary/aromatic N) is 1. The molecule has 0 aromatic carbocycles. The fourth-order valence-electron chi connectivity index (χ4n) is 2.41. The van der Waals surface area contributed by atoms with Crippen LogP contribution in [0.15, 0.2) is 0 Å². The minimum atomic E-state index is -0.635. The maximum Gasteiger partial charge on any atom is 0.223 e. The molecular formula is C11H20N2O2. The van der Waals surface area contributed by atoms with E-state index in [9.17, 15) is 9.90 Å². The fraction of sp³-hybridized carbons (Fsp3) is 0.909. The number of carbonyl (C=O) groups is 1. The first-order chi connectivity index (χ1) is 7.07. The number of hydrogen-bond donors (Lipinski definition) is 2. The van der Waals surface area contributed by atoms with E-state index in [1.807, 2.05) is 0 Å². The van der Waals surface area contributed by atoms with Crippen molar-refractivity contribution in [1.29, 1.82) is 0 Å². The molecule has 0 aliphatic carbocycles. The summed E-state index contributed by atoms with van der Waals surface area (Å²) in [6, 6.07) is 0. The van der Waals surface area contributed by atoms with Crippen LogP contribution in [0.25, 0.3) is 0 Å². The van der Waals surface area contributed by atoms with Gasteiger partial charge in [-0.15, -0.1) is 0 Å². The Morgan fingerprint density at radius 2 is 2.07 bits per heavy atom. The normalized spacial score (nSPS) is 26.1. The molecule has 4 heteroatoms. The molecule has 2 aliphatic rings. The molecule has 2 saturated heterocycles. The Hall–Kier alpha value is -0.610. The van der Waals surface area contributed by atoms with Gasteiger partial charge in [-0.1, -0.05) is 0 Å². The number of likely N-dealkylation sites (tertiary alicyclic amines) is 1. The van der Waals surface area contributed by atoms with Crippen LogP contribution in [0.3, 0.4) is 0 Å². The topological polar surface area (TPSA) is 52.6 Å². The Morgan fingerprint density at radius 1 is 1.47 bits per heavy atom. The van der Waals surface area contributed by atoms with Gasteiger partial charge in [0.1, 0.15) is 0 Å². The Morgan fingerprint density at radius 3 is 2.60 bits per heavy atom. The van der Waals surface area contributed by atoms with E-state index in [0.717, 1.165) is 25.9 Å². The largest absolute Gasteiger partial charge is 0.386 e. The molecule has 15 heavy (non-hydrogen) atoms. The van der Waals surface area contributed by atoms with Crippen molar-refractivity contribution in [3.8, 4) is 0 Å². The van der Waals surface area contributed by atoms with E-state index >= 15 is 0 Å². The lowest BCUT2D eigenvalue weighted by molar-refractivity contribution is -0.153. The minimum absolute atomic E-state index is 0.216. The predicted octanol–water partition coefficient (Wildman–Crippen LogP) is -0.0307. The van der Waals surface area contributed by atoms with Gasteiger partial charge in [0.25, 0.3) is 0 Å². The maximum absolute atomic E-state index is 11.8. The second kappa shape index (κ2) is 4.10. The third kappa shape index (κ3) is 2.69. The van der Waals surface area contributed by atoms with Crippen molar-refractivity contribution in [3.63, 3.8) is 0 Å². The van der Waals surface area contributed by atoms with Crippen molar-refractivity contribution in [2.24, 2.45) is 5.92 Å². The Balaban J connectivity index is 1.73. The van der Waals surface area contributed by atoms with Gasteiger partial charge in [0, 0.05) is 6.42 Å². The van der Waals surface area contributed by atoms with Gasteiger partial charge < -0.3 is 15.3 Å². The third-order valence-corrected chi connectivity index (χ3v) is 3.34. The van der Waals surface area contributed by atoms with E-state index in [-0.39, 0.29) is 5.91 Å². The summed E-state index contributed by atoms with van der Waals surface area (Å²) in [4.78, 5) is 13.5. The lowest BCUT2D eigenvalue weighted by atomic mass is 9.91. The van der Waals surface area contributed by atoms with E-state index in [1.54, 1.807) is 11.8 Å². The van der Waals surface area contributed by atoms with Crippen LogP contribution in [0.1, 0.15) is 26.2 Å². The van der Waals surface area contributed by atoms with E-state index in [0.29, 0.717) is 25.4 Å². The molecule has 2 aliphatic heterocycles. The molecule has 4 nitrogen and oxygen atoms in total. The van der Waals surface area contributed by atoms with Crippen molar-refractivity contribution >= 4 is 5.91 Å². The molecule has 2 fully saturated rings. The molecule has 2 rings (SSSR count). The molecule has 0 unspecified atom stereocenters. The van der Waals surface area contributed by atoms with Crippen LogP contribution in [0, 0.1) is 5.92 Å². The van der Waals surface area contributed by atoms with Gasteiger partial charge in [0.15, 0.2) is 0 Å². The third-order valence-electron chi connectivity index (χ3n) is 3.34. The molecule has 86 valence electrons. The molecule has 0 spiro atoms. The smallest absolute Gasteiger partial charge is 0.223 e. The van der Waals surface area contributed by atoms with Crippen LogP contribution >= 0.6 is 0 Å². The molecule has 2 heterocycles. The van der Waals surface area contributed by atoms with Crippen LogP contribution in [0.2, 0.25) is 0 Å². The molecule has 0 bridgehead atoms. The van der Waals surface area contributed by atoms with Crippen LogP contribution in [0.4, 0.5) is 0 Å². The van der Waals surface area contributed by atoms with E-state index < -0.39 is 5.60 Å². The fourth-order valence-corrected chi connectivity index (χ4v) is 2.41. The molecule has 0 saturated carbocycles. The SMILES string of the molecule is CC1(O)CN(C(=O)CC2CCNCC2)C1. The van der Waals surface area contributed by atoms with Gasteiger partial charge >= 0.3 is 0 Å². The number of nitrogens with one attached hydrogen (secondary N) is 1. The quantitative estimate of drug-likeness (QED) is 0.676. The zero-order valence-corrected chi connectivity index (χ0v) is 9.33. The van der Waals surface area contributed by atoms with E-state index in [1.165, 1.54) is 0 Å². The van der Waals surface area contributed by atoms with Gasteiger partial charge in [-0.3, -0.25) is 4.79 Å². The molecule has 0 aromatic heterocycles. The standard InChI is InChI=1S/C11H20N2O2/c1-11(15)7-13(8-11)10(14)6-9-2-4-12-5-3-9/h9,12,15H,2-8H2,1H3. The summed E-state index contributed by atoms with van der Waals surface area (Å²) in [6.45, 7) is 4.88. The van der Waals surface area contributed by atoms with Crippen LogP contribution in [0.5, 0.6) is 0 Å². The highest BCUT2D eigenvalue weighted by molar-refractivity contribution is 5.77. The first-order valence-corrected chi connectivity index (χ1v) is 5.78. The van der Waals surface area contributed by atoms with Gasteiger partial charge in [0.05, 0.1) is 18.7 Å². The molecular weight excluding hydrogens is 192 g/mol. The summed E-state index contributed by atoms with van der Waals surface area (Å²) in [5, 5.41) is 12.8. The Labute approximate surface area is 90.6 Å². The van der Waals surface area contributed by atoms with Crippen molar-refractivity contribution in [2.45, 2.75) is 31.8 Å². The number of piperidine rings is 1. The highest BCUT2D eigenvalue weighted by atomic mass is 16.3. The van der Waals surface area contributed by atoms with Crippen molar-refractivity contribution < 1.29 is 9.90 Å². The number of carbonyl (C=O) groups excluding carboxylic acids is 1. The zero-order chi connectivity index (χ0) is 10.9.